The molecule has 0 aliphatic heterocycles. The fourth-order valence-electron chi connectivity index (χ4n) is 6.09. The predicted octanol–water partition coefficient (Wildman–Crippen LogP) is 7.91. The van der Waals surface area contributed by atoms with E-state index >= 15 is 0 Å². The van der Waals surface area contributed by atoms with E-state index in [1.54, 1.807) is 24.5 Å². The van der Waals surface area contributed by atoms with Gasteiger partial charge in [-0.3, -0.25) is 14.6 Å². The summed E-state index contributed by atoms with van der Waals surface area (Å²) in [6.07, 6.45) is 5.81. The van der Waals surface area contributed by atoms with Crippen molar-refractivity contribution in [2.75, 3.05) is 0 Å². The van der Waals surface area contributed by atoms with Gasteiger partial charge in [-0.1, -0.05) is 75.0 Å². The van der Waals surface area contributed by atoms with Crippen LogP contribution in [0.25, 0.3) is 22.2 Å². The molecule has 2 unspecified atom stereocenters. The van der Waals surface area contributed by atoms with E-state index in [-0.39, 0.29) is 22.8 Å². The maximum absolute atomic E-state index is 13.9. The maximum Gasteiger partial charge on any atom is 0.336 e. The van der Waals surface area contributed by atoms with Gasteiger partial charge in [-0.2, -0.15) is 0 Å². The van der Waals surface area contributed by atoms with Crippen molar-refractivity contribution >= 4 is 40.3 Å². The number of hydrogen-bond donors (Lipinski definition) is 2. The van der Waals surface area contributed by atoms with Crippen LogP contribution in [0.2, 0.25) is 0 Å². The number of fused-ring (bicyclic) bond motifs is 1. The van der Waals surface area contributed by atoms with Crippen molar-refractivity contribution in [3.05, 3.63) is 119 Å². The minimum atomic E-state index is -0.958. The second kappa shape index (κ2) is 15.2. The van der Waals surface area contributed by atoms with Crippen LogP contribution in [0, 0.1) is 12.8 Å². The van der Waals surface area contributed by atoms with Gasteiger partial charge in [-0.15, -0.1) is 0 Å². The number of pyridine rings is 1. The smallest absolute Gasteiger partial charge is 0.336 e. The van der Waals surface area contributed by atoms with Crippen molar-refractivity contribution in [1.29, 1.82) is 0 Å². The zero-order valence-electron chi connectivity index (χ0n) is 27.1. The van der Waals surface area contributed by atoms with E-state index in [1.807, 2.05) is 67.6 Å². The third kappa shape index (κ3) is 7.80. The number of aryl methyl sites for hydroxylation is 2. The summed E-state index contributed by atoms with van der Waals surface area (Å²) in [7, 11) is 0. The summed E-state index contributed by atoms with van der Waals surface area (Å²) in [6.45, 7) is 8.86. The highest BCUT2D eigenvalue weighted by molar-refractivity contribution is 8.12. The van der Waals surface area contributed by atoms with Crippen molar-refractivity contribution in [1.82, 2.24) is 19.9 Å². The third-order valence-corrected chi connectivity index (χ3v) is 9.27. The molecule has 5 rings (SSSR count). The Morgan fingerprint density at radius 3 is 2.40 bits per heavy atom. The Morgan fingerprint density at radius 2 is 1.74 bits per heavy atom. The van der Waals surface area contributed by atoms with E-state index in [0.717, 1.165) is 57.6 Å². The number of benzene rings is 3. The van der Waals surface area contributed by atoms with Crippen molar-refractivity contribution in [3.63, 3.8) is 0 Å². The van der Waals surface area contributed by atoms with Crippen LogP contribution >= 0.6 is 11.8 Å². The van der Waals surface area contributed by atoms with Crippen LogP contribution in [0.5, 0.6) is 0 Å². The summed E-state index contributed by atoms with van der Waals surface area (Å²) in [5, 5.41) is 12.7. The van der Waals surface area contributed by atoms with Gasteiger partial charge in [-0.25, -0.2) is 9.78 Å². The number of nitrogens with one attached hydrogen (secondary N) is 1. The highest BCUT2D eigenvalue weighted by Gasteiger charge is 2.27. The number of rotatable bonds is 14. The Kier molecular flexibility index (Phi) is 10.9. The van der Waals surface area contributed by atoms with Crippen LogP contribution in [-0.4, -0.2) is 43.2 Å². The number of amides is 1. The van der Waals surface area contributed by atoms with Gasteiger partial charge in [0.25, 0.3) is 5.91 Å². The Hall–Kier alpha value is -4.76. The number of carbonyl (C=O) groups excluding carboxylic acids is 2. The van der Waals surface area contributed by atoms with E-state index in [1.165, 1.54) is 11.8 Å². The quantitative estimate of drug-likeness (QED) is 0.118. The number of aromatic carboxylic acids is 1. The van der Waals surface area contributed by atoms with Crippen LogP contribution in [0.1, 0.15) is 82.1 Å². The predicted molar refractivity (Wildman–Crippen MR) is 188 cm³/mol. The number of carboxylic acids is 1. The van der Waals surface area contributed by atoms with Crippen LogP contribution < -0.4 is 5.32 Å². The highest BCUT2D eigenvalue weighted by Crippen LogP contribution is 2.34. The molecule has 2 atom stereocenters. The Labute approximate surface area is 279 Å². The van der Waals surface area contributed by atoms with E-state index in [9.17, 15) is 19.5 Å². The topological polar surface area (TPSA) is 114 Å². The lowest BCUT2D eigenvalue weighted by Crippen LogP contribution is -2.39. The average molecular weight is 649 g/mol. The number of carbonyl (C=O) groups is 3. The second-order valence-corrected chi connectivity index (χ2v) is 13.2. The van der Waals surface area contributed by atoms with Gasteiger partial charge in [0.15, 0.2) is 5.62 Å². The minimum absolute atomic E-state index is 0.197. The van der Waals surface area contributed by atoms with Crippen LogP contribution in [0.15, 0.2) is 85.2 Å². The first kappa shape index (κ1) is 33.6. The molecule has 0 fully saturated rings. The molecule has 3 aromatic carbocycles. The first-order valence-electron chi connectivity index (χ1n) is 15.9. The van der Waals surface area contributed by atoms with E-state index in [4.69, 9.17) is 4.98 Å². The van der Waals surface area contributed by atoms with Crippen LogP contribution in [-0.2, 0) is 17.8 Å². The van der Waals surface area contributed by atoms with Crippen LogP contribution in [0.3, 0.4) is 0 Å². The lowest BCUT2D eigenvalue weighted by Gasteiger charge is -2.28. The number of aromatic nitrogens is 3. The van der Waals surface area contributed by atoms with Crippen molar-refractivity contribution in [2.45, 2.75) is 64.8 Å². The SMILES string of the molecule is CCCc1nc2c(C)cc(C(=O)NC(CC(C)C)C(SC=O)c3ccncc3)cc2n1Cc1ccc(-c2ccccc2C(=O)O)cc1. The lowest BCUT2D eigenvalue weighted by molar-refractivity contribution is 0.0697. The fourth-order valence-corrected chi connectivity index (χ4v) is 6.90. The third-order valence-electron chi connectivity index (χ3n) is 8.27. The monoisotopic (exact) mass is 648 g/mol. The summed E-state index contributed by atoms with van der Waals surface area (Å²) in [6, 6.07) is 22.2. The van der Waals surface area contributed by atoms with Crippen molar-refractivity contribution < 1.29 is 19.5 Å². The molecule has 0 bridgehead atoms. The standard InChI is InChI=1S/C38H40N4O4S/c1-5-8-34-41-35-25(4)20-29(37(44)40-32(19-24(2)3)36(47-23-43)28-15-17-39-18-16-28)21-33(35)42(34)22-26-11-13-27(14-12-26)30-9-6-7-10-31(30)38(45)46/h6-7,9-18,20-21,23-24,32,36H,5,8,19,22H2,1-4H3,(H,40,44)(H,45,46). The molecule has 242 valence electrons. The van der Waals surface area contributed by atoms with Crippen molar-refractivity contribution in [3.8, 4) is 11.1 Å². The Morgan fingerprint density at radius 1 is 1.02 bits per heavy atom. The molecule has 2 N–H and O–H groups in total. The summed E-state index contributed by atoms with van der Waals surface area (Å²) in [4.78, 5) is 46.5. The Balaban J connectivity index is 1.48. The average Bonchev–Trinajstić information content (AvgIpc) is 3.41. The molecule has 0 aliphatic carbocycles. The molecule has 8 nitrogen and oxygen atoms in total. The molecule has 0 saturated carbocycles. The zero-order valence-corrected chi connectivity index (χ0v) is 28.0. The van der Waals surface area contributed by atoms with E-state index in [2.05, 4.69) is 35.6 Å². The number of imidazole rings is 1. The van der Waals surface area contributed by atoms with Gasteiger partial charge in [0.2, 0.25) is 0 Å². The molecule has 5 aromatic rings. The molecule has 9 heteroatoms. The molecular weight excluding hydrogens is 609 g/mol. The van der Waals surface area contributed by atoms with Gasteiger partial charge < -0.3 is 15.0 Å². The summed E-state index contributed by atoms with van der Waals surface area (Å²) in [5.41, 5.74) is 7.78. The van der Waals surface area contributed by atoms with E-state index < -0.39 is 5.97 Å². The molecular formula is C38H40N4O4S. The molecule has 1 amide bonds. The fraction of sp³-hybridized carbons (Fsp3) is 0.289. The number of carboxylic acid groups (broad SMARTS) is 1. The molecule has 0 radical (unpaired) electrons. The largest absolute Gasteiger partial charge is 0.478 e. The summed E-state index contributed by atoms with van der Waals surface area (Å²) in [5.74, 6) is 0.0849. The molecule has 0 aliphatic rings. The van der Waals surface area contributed by atoms with Gasteiger partial charge in [0, 0.05) is 37.0 Å². The van der Waals surface area contributed by atoms with Crippen molar-refractivity contribution in [2.24, 2.45) is 5.92 Å². The number of thioether (sulfide) groups is 1. The highest BCUT2D eigenvalue weighted by atomic mass is 32.2. The molecule has 2 heterocycles. The molecule has 0 spiro atoms. The lowest BCUT2D eigenvalue weighted by atomic mass is 9.96. The normalized spacial score (nSPS) is 12.6. The first-order chi connectivity index (χ1) is 22.7. The number of nitrogens with zero attached hydrogens (tertiary/aromatic N) is 3. The van der Waals surface area contributed by atoms with Crippen LogP contribution in [0.4, 0.5) is 0 Å². The molecule has 0 saturated heterocycles. The van der Waals surface area contributed by atoms with Gasteiger partial charge >= 0.3 is 5.97 Å². The Bertz CT molecular complexity index is 1870. The summed E-state index contributed by atoms with van der Waals surface area (Å²) < 4.78 is 2.18. The molecule has 47 heavy (non-hydrogen) atoms. The molecule has 2 aromatic heterocycles. The van der Waals surface area contributed by atoms with Gasteiger partial charge in [0.1, 0.15) is 5.82 Å². The minimum Gasteiger partial charge on any atom is -0.478 e. The number of hydrogen-bond acceptors (Lipinski definition) is 6. The van der Waals surface area contributed by atoms with Gasteiger partial charge in [0.05, 0.1) is 21.8 Å². The zero-order chi connectivity index (χ0) is 33.5. The summed E-state index contributed by atoms with van der Waals surface area (Å²) >= 11 is 1.17. The van der Waals surface area contributed by atoms with E-state index in [0.29, 0.717) is 30.0 Å². The first-order valence-corrected chi connectivity index (χ1v) is 16.9. The second-order valence-electron chi connectivity index (χ2n) is 12.2. The maximum atomic E-state index is 13.9. The van der Waals surface area contributed by atoms with Gasteiger partial charge in [-0.05, 0) is 83.8 Å².